The van der Waals surface area contributed by atoms with Crippen molar-refractivity contribution in [2.24, 2.45) is 0 Å². The number of nitrogens with one attached hydrogen (secondary N) is 9. The van der Waals surface area contributed by atoms with Crippen molar-refractivity contribution in [1.29, 1.82) is 0 Å². The highest BCUT2D eigenvalue weighted by Gasteiger charge is 2.42. The third-order valence-electron chi connectivity index (χ3n) is 10.4. The van der Waals surface area contributed by atoms with Crippen LogP contribution in [0.25, 0.3) is 5.53 Å². The van der Waals surface area contributed by atoms with Crippen LogP contribution in [0.1, 0.15) is 50.2 Å². The summed E-state index contributed by atoms with van der Waals surface area (Å²) in [6.07, 6.45) is 3.00. The van der Waals surface area contributed by atoms with Crippen LogP contribution in [0, 0.1) is 0 Å². The van der Waals surface area contributed by atoms with Crippen molar-refractivity contribution in [2.45, 2.75) is 87.3 Å². The Morgan fingerprint density at radius 3 is 1.97 bits per heavy atom. The zero-order valence-corrected chi connectivity index (χ0v) is 37.8. The van der Waals surface area contributed by atoms with Crippen LogP contribution in [0.15, 0.2) is 60.7 Å². The molecule has 9 N–H and O–H groups in total. The van der Waals surface area contributed by atoms with Gasteiger partial charge in [0.2, 0.25) is 35.3 Å². The van der Waals surface area contributed by atoms with E-state index >= 15 is 0 Å². The van der Waals surface area contributed by atoms with E-state index in [0.29, 0.717) is 30.1 Å². The summed E-state index contributed by atoms with van der Waals surface area (Å²) in [6, 6.07) is 14.1. The highest BCUT2D eigenvalue weighted by molar-refractivity contribution is 8.00. The Bertz CT molecular complexity index is 1980. The molecule has 0 aliphatic carbocycles. The lowest BCUT2D eigenvalue weighted by atomic mass is 10.0. The molecule has 0 radical (unpaired) electrons. The number of ether oxygens (including phenoxy) is 2. The molecule has 0 bridgehead atoms. The summed E-state index contributed by atoms with van der Waals surface area (Å²) >= 11 is 1.87. The first-order valence-corrected chi connectivity index (χ1v) is 23.0. The van der Waals surface area contributed by atoms with E-state index in [9.17, 15) is 38.4 Å². The molecule has 2 fully saturated rings. The molecule has 2 aromatic carbocycles. The molecule has 2 aromatic rings. The van der Waals surface area contributed by atoms with E-state index in [1.165, 1.54) is 6.92 Å². The van der Waals surface area contributed by atoms with Gasteiger partial charge in [0.25, 0.3) is 0 Å². The van der Waals surface area contributed by atoms with Crippen molar-refractivity contribution in [3.63, 3.8) is 0 Å². The largest absolute Gasteiger partial charge is 0.377 e. The number of hydrogen-bond donors (Lipinski definition) is 9. The normalized spacial score (nSPS) is 17.2. The van der Waals surface area contributed by atoms with Gasteiger partial charge in [-0.05, 0) is 30.4 Å². The maximum Gasteiger partial charge on any atom is 0.323 e. The summed E-state index contributed by atoms with van der Waals surface area (Å²) in [5.74, 6) is -2.91. The average molecular weight is 936 g/mol. The maximum absolute atomic E-state index is 13.8. The molecule has 4 rings (SSSR count). The first kappa shape index (κ1) is 52.3. The highest BCUT2D eigenvalue weighted by Crippen LogP contribution is 2.33. The van der Waals surface area contributed by atoms with E-state index in [4.69, 9.17) is 15.0 Å². The third kappa shape index (κ3) is 19.8. The van der Waals surface area contributed by atoms with Crippen molar-refractivity contribution in [3.8, 4) is 0 Å². The molecule has 2 aliphatic rings. The van der Waals surface area contributed by atoms with Crippen molar-refractivity contribution < 1.29 is 52.6 Å². The Kier molecular flexibility index (Phi) is 23.2. The third-order valence-corrected chi connectivity index (χ3v) is 11.9. The molecule has 2 saturated heterocycles. The number of ketones is 1. The van der Waals surface area contributed by atoms with E-state index < -0.39 is 60.0 Å². The minimum Gasteiger partial charge on any atom is -0.377 e. The standard InChI is InChI=1S/C44H61N11O10S/c1-29(56)51-35(25-31-12-6-3-7-13-31)42(61)52-33(16-15-32(57)26-50-45)41(60)53-34(24-30-10-4-2-5-11-30)40(59)49-27-38(58)46-18-20-64-22-23-65-21-19-48-43(62)47-17-9-8-14-37-39-36(28-66-37)54-44(63)55-39/h2-7,10-13,26,33-37,39H,8-9,14-25,27-28H2,1H3,(H,46,58)(H,49,59)(H,51,56)(H,52,61)(H,53,60)(H2,47,48,62)(H2,54,55,63)/t33-,34-,35-,36-,37-,39-/m0/s1. The minimum absolute atomic E-state index is 0.0157. The Morgan fingerprint density at radius 2 is 1.33 bits per heavy atom. The van der Waals surface area contributed by atoms with Crippen LogP contribution in [0.2, 0.25) is 0 Å². The minimum atomic E-state index is -1.36. The Balaban J connectivity index is 1.14. The highest BCUT2D eigenvalue weighted by atomic mass is 32.2. The van der Waals surface area contributed by atoms with Gasteiger partial charge in [-0.2, -0.15) is 16.6 Å². The Hall–Kier alpha value is -6.35. The summed E-state index contributed by atoms with van der Waals surface area (Å²) in [4.78, 5) is 104. The molecule has 0 saturated carbocycles. The molecule has 21 nitrogen and oxygen atoms in total. The number of unbranched alkanes of at least 4 members (excludes halogenated alkanes) is 1. The SMILES string of the molecule is CC(=O)N[C@@H](Cc1ccccc1)C(=O)N[C@@H](CCC(=O)C=[N+]=[N-])C(=O)N[C@@H](Cc1ccccc1)C(=O)NCC(=O)NCCOCCOCCNC(=O)NCCCC[C@@H]1SC[C@@H]2NC(=O)N[C@@H]21. The average Bonchev–Trinajstić information content (AvgIpc) is 3.86. The number of urea groups is 2. The summed E-state index contributed by atoms with van der Waals surface area (Å²) in [5.41, 5.74) is 10.2. The molecule has 0 spiro atoms. The van der Waals surface area contributed by atoms with Gasteiger partial charge in [-0.25, -0.2) is 9.59 Å². The van der Waals surface area contributed by atoms with E-state index in [0.717, 1.165) is 30.6 Å². The number of nitrogens with zero attached hydrogens (tertiary/aromatic N) is 2. The van der Waals surface area contributed by atoms with Crippen molar-refractivity contribution in [2.75, 3.05) is 58.4 Å². The lowest BCUT2D eigenvalue weighted by Gasteiger charge is -2.25. The fourth-order valence-corrected chi connectivity index (χ4v) is 8.69. The first-order valence-electron chi connectivity index (χ1n) is 22.0. The van der Waals surface area contributed by atoms with Crippen LogP contribution in [0.5, 0.6) is 0 Å². The Morgan fingerprint density at radius 1 is 0.742 bits per heavy atom. The molecule has 22 heteroatoms. The molecular formula is C44H61N11O10S. The molecule has 66 heavy (non-hydrogen) atoms. The quantitative estimate of drug-likeness (QED) is 0.0158. The predicted octanol–water partition coefficient (Wildman–Crippen LogP) is -0.503. The summed E-state index contributed by atoms with van der Waals surface area (Å²) in [6.45, 7) is 2.78. The van der Waals surface area contributed by atoms with Crippen LogP contribution >= 0.6 is 11.8 Å². The van der Waals surface area contributed by atoms with Gasteiger partial charge < -0.3 is 62.9 Å². The molecule has 2 aliphatic heterocycles. The lowest BCUT2D eigenvalue weighted by molar-refractivity contribution is -0.134. The van der Waals surface area contributed by atoms with Gasteiger partial charge in [-0.3, -0.25) is 28.8 Å². The van der Waals surface area contributed by atoms with Crippen LogP contribution in [-0.2, 0) is 51.1 Å². The number of carbonyl (C=O) groups excluding carboxylic acids is 8. The molecule has 2 heterocycles. The zero-order valence-electron chi connectivity index (χ0n) is 37.0. The summed E-state index contributed by atoms with van der Waals surface area (Å²) < 4.78 is 11.0. The van der Waals surface area contributed by atoms with Crippen LogP contribution in [0.3, 0.4) is 0 Å². The summed E-state index contributed by atoms with van der Waals surface area (Å²) in [7, 11) is 0. The number of amides is 9. The fourth-order valence-electron chi connectivity index (χ4n) is 7.14. The molecule has 0 unspecified atom stereocenters. The lowest BCUT2D eigenvalue weighted by Crippen LogP contribution is -2.57. The monoisotopic (exact) mass is 935 g/mol. The second kappa shape index (κ2) is 29.2. The van der Waals surface area contributed by atoms with Gasteiger partial charge in [-0.15, -0.1) is 0 Å². The van der Waals surface area contributed by atoms with Gasteiger partial charge in [0, 0.05) is 56.8 Å². The fraction of sp³-hybridized carbons (Fsp3) is 0.523. The van der Waals surface area contributed by atoms with E-state index in [1.54, 1.807) is 60.7 Å². The maximum atomic E-state index is 13.8. The molecular weight excluding hydrogens is 875 g/mol. The second-order valence-electron chi connectivity index (χ2n) is 15.6. The molecule has 9 amide bonds. The van der Waals surface area contributed by atoms with E-state index in [-0.39, 0.29) is 82.8 Å². The number of benzene rings is 2. The number of fused-ring (bicyclic) bond motifs is 1. The van der Waals surface area contributed by atoms with Crippen LogP contribution in [0.4, 0.5) is 9.59 Å². The van der Waals surface area contributed by atoms with Gasteiger partial charge in [0.05, 0.1) is 45.1 Å². The molecule has 0 aromatic heterocycles. The van der Waals surface area contributed by atoms with Crippen molar-refractivity contribution in [3.05, 3.63) is 77.3 Å². The number of Topliss-reactive ketones (excluding diaryl/α,β-unsaturated/α-hetero) is 1. The number of thioether (sulfide) groups is 1. The van der Waals surface area contributed by atoms with Gasteiger partial charge in [-0.1, -0.05) is 67.1 Å². The number of carbonyl (C=O) groups is 8. The summed E-state index contributed by atoms with van der Waals surface area (Å²) in [5, 5.41) is 24.9. The Labute approximate surface area is 387 Å². The zero-order chi connectivity index (χ0) is 47.5. The van der Waals surface area contributed by atoms with Crippen LogP contribution in [-0.4, -0.2) is 152 Å². The van der Waals surface area contributed by atoms with Gasteiger partial charge >= 0.3 is 18.3 Å². The van der Waals surface area contributed by atoms with Crippen molar-refractivity contribution in [1.82, 2.24) is 47.9 Å². The number of hydrogen-bond acceptors (Lipinski definition) is 11. The van der Waals surface area contributed by atoms with Gasteiger partial charge in [0.15, 0.2) is 0 Å². The number of rotatable bonds is 30. The smallest absolute Gasteiger partial charge is 0.323 e. The predicted molar refractivity (Wildman–Crippen MR) is 244 cm³/mol. The first-order chi connectivity index (χ1) is 31.9. The van der Waals surface area contributed by atoms with E-state index in [1.807, 2.05) is 11.8 Å². The van der Waals surface area contributed by atoms with Crippen LogP contribution < -0.4 is 47.9 Å². The van der Waals surface area contributed by atoms with E-state index in [2.05, 4.69) is 52.6 Å². The van der Waals surface area contributed by atoms with Gasteiger partial charge in [0.1, 0.15) is 18.1 Å². The topological polar surface area (TPSA) is 300 Å². The molecule has 358 valence electrons. The van der Waals surface area contributed by atoms with Crippen molar-refractivity contribution >= 4 is 65.4 Å². The molecule has 6 atom stereocenters. The second-order valence-corrected chi connectivity index (χ2v) is 16.9.